The highest BCUT2D eigenvalue weighted by molar-refractivity contribution is 6.31. The highest BCUT2D eigenvalue weighted by atomic mass is 35.5. The lowest BCUT2D eigenvalue weighted by Crippen LogP contribution is -2.39. The Morgan fingerprint density at radius 1 is 1.19 bits per heavy atom. The lowest BCUT2D eigenvalue weighted by molar-refractivity contribution is -0.141. The van der Waals surface area contributed by atoms with Crippen molar-refractivity contribution in [2.24, 2.45) is 0 Å². The maximum absolute atomic E-state index is 13.1. The van der Waals surface area contributed by atoms with Crippen molar-refractivity contribution in [2.45, 2.75) is 25.6 Å². The van der Waals surface area contributed by atoms with E-state index in [4.69, 9.17) is 11.6 Å². The molecular weight excluding hydrogens is 431 g/mol. The maximum Gasteiger partial charge on any atom is 0.434 e. The van der Waals surface area contributed by atoms with Crippen LogP contribution in [-0.2, 0) is 6.18 Å². The molecule has 3 aromatic rings. The Morgan fingerprint density at radius 2 is 2.00 bits per heavy atom. The van der Waals surface area contributed by atoms with E-state index in [2.05, 4.69) is 20.6 Å². The van der Waals surface area contributed by atoms with Gasteiger partial charge in [-0.1, -0.05) is 23.7 Å². The van der Waals surface area contributed by atoms with E-state index < -0.39 is 16.9 Å². The number of rotatable bonds is 3. The van der Waals surface area contributed by atoms with Gasteiger partial charge in [-0.05, 0) is 37.6 Å². The summed E-state index contributed by atoms with van der Waals surface area (Å²) in [5.74, 6) is 0.179. The summed E-state index contributed by atoms with van der Waals surface area (Å²) in [7, 11) is 0. The molecule has 2 amide bonds. The van der Waals surface area contributed by atoms with Gasteiger partial charge < -0.3 is 15.5 Å². The summed E-state index contributed by atoms with van der Waals surface area (Å²) in [5.41, 5.74) is 0.410. The Labute approximate surface area is 181 Å². The number of carbonyl (C=O) groups excluding carboxylic acids is 1. The molecule has 0 aliphatic carbocycles. The molecular formula is C21H19ClF3N5O. The van der Waals surface area contributed by atoms with E-state index >= 15 is 0 Å². The van der Waals surface area contributed by atoms with Crippen molar-refractivity contribution in [3.63, 3.8) is 0 Å². The first-order chi connectivity index (χ1) is 14.7. The predicted octanol–water partition coefficient (Wildman–Crippen LogP) is 5.01. The van der Waals surface area contributed by atoms with Gasteiger partial charge in [-0.2, -0.15) is 13.2 Å². The van der Waals surface area contributed by atoms with Crippen molar-refractivity contribution in [2.75, 3.05) is 23.3 Å². The maximum atomic E-state index is 13.1. The summed E-state index contributed by atoms with van der Waals surface area (Å²) < 4.78 is 39.2. The molecule has 2 N–H and O–H groups in total. The quantitative estimate of drug-likeness (QED) is 0.589. The molecule has 10 heteroatoms. The molecule has 0 saturated carbocycles. The lowest BCUT2D eigenvalue weighted by Gasteiger charge is -2.20. The van der Waals surface area contributed by atoms with E-state index in [0.717, 1.165) is 16.5 Å². The van der Waals surface area contributed by atoms with E-state index in [-0.39, 0.29) is 17.9 Å². The smallest absolute Gasteiger partial charge is 0.354 e. The Balaban J connectivity index is 1.42. The Morgan fingerprint density at radius 3 is 2.77 bits per heavy atom. The van der Waals surface area contributed by atoms with Gasteiger partial charge in [0.1, 0.15) is 5.82 Å². The van der Waals surface area contributed by atoms with E-state index in [1.807, 2.05) is 25.1 Å². The van der Waals surface area contributed by atoms with E-state index in [0.29, 0.717) is 25.2 Å². The summed E-state index contributed by atoms with van der Waals surface area (Å²) >= 11 is 5.64. The van der Waals surface area contributed by atoms with Crippen LogP contribution in [0.4, 0.5) is 29.5 Å². The number of anilines is 2. The number of benzene rings is 1. The van der Waals surface area contributed by atoms with Crippen LogP contribution in [0.1, 0.15) is 17.8 Å². The first-order valence-electron chi connectivity index (χ1n) is 9.63. The highest BCUT2D eigenvalue weighted by Gasteiger charge is 2.36. The first-order valence-corrected chi connectivity index (χ1v) is 10.0. The normalized spacial score (nSPS) is 16.5. The Kier molecular flexibility index (Phi) is 5.62. The number of nitrogens with one attached hydrogen (secondary N) is 2. The molecule has 1 aliphatic rings. The van der Waals surface area contributed by atoms with E-state index in [1.54, 1.807) is 17.2 Å². The number of nitrogens with zero attached hydrogens (tertiary/aromatic N) is 3. The van der Waals surface area contributed by atoms with Crippen LogP contribution in [0.15, 0.2) is 42.6 Å². The zero-order chi connectivity index (χ0) is 22.2. The number of aromatic nitrogens is 2. The number of alkyl halides is 3. The van der Waals surface area contributed by atoms with Crippen LogP contribution in [-0.4, -0.2) is 35.1 Å². The van der Waals surface area contributed by atoms with Crippen LogP contribution in [0.25, 0.3) is 10.8 Å². The largest absolute Gasteiger partial charge is 0.434 e. The monoisotopic (exact) mass is 449 g/mol. The molecule has 6 nitrogen and oxygen atoms in total. The van der Waals surface area contributed by atoms with Gasteiger partial charge in [-0.25, -0.2) is 9.78 Å². The fourth-order valence-electron chi connectivity index (χ4n) is 3.70. The number of carbonyl (C=O) groups is 1. The van der Waals surface area contributed by atoms with Crippen molar-refractivity contribution in [1.29, 1.82) is 0 Å². The minimum Gasteiger partial charge on any atom is -0.354 e. The molecule has 3 heterocycles. The summed E-state index contributed by atoms with van der Waals surface area (Å²) in [6.45, 7) is 2.71. The molecule has 31 heavy (non-hydrogen) atoms. The number of pyridine rings is 2. The van der Waals surface area contributed by atoms with Gasteiger partial charge in [0.25, 0.3) is 0 Å². The second-order valence-electron chi connectivity index (χ2n) is 7.32. The van der Waals surface area contributed by atoms with Crippen molar-refractivity contribution in [3.05, 3.63) is 59.0 Å². The summed E-state index contributed by atoms with van der Waals surface area (Å²) in [6.07, 6.45) is -2.36. The number of amides is 2. The number of aryl methyl sites for hydroxylation is 1. The van der Waals surface area contributed by atoms with Crippen LogP contribution in [0, 0.1) is 6.92 Å². The minimum absolute atomic E-state index is 0.179. The molecule has 162 valence electrons. The molecule has 0 spiro atoms. The van der Waals surface area contributed by atoms with Crippen LogP contribution in [0.3, 0.4) is 0 Å². The number of urea groups is 1. The third kappa shape index (κ3) is 4.51. The zero-order valence-electron chi connectivity index (χ0n) is 16.5. The molecule has 1 fully saturated rings. The van der Waals surface area contributed by atoms with Crippen molar-refractivity contribution >= 4 is 39.9 Å². The molecule has 1 saturated heterocycles. The predicted molar refractivity (Wildman–Crippen MR) is 114 cm³/mol. The van der Waals surface area contributed by atoms with Crippen molar-refractivity contribution in [1.82, 2.24) is 15.3 Å². The number of halogens is 4. The second kappa shape index (κ2) is 8.22. The van der Waals surface area contributed by atoms with Crippen LogP contribution < -0.4 is 15.5 Å². The van der Waals surface area contributed by atoms with Gasteiger partial charge in [0, 0.05) is 41.8 Å². The van der Waals surface area contributed by atoms with Crippen molar-refractivity contribution < 1.29 is 18.0 Å². The van der Waals surface area contributed by atoms with Gasteiger partial charge >= 0.3 is 12.2 Å². The Bertz CT molecular complexity index is 1140. The molecule has 0 radical (unpaired) electrons. The third-order valence-corrected chi connectivity index (χ3v) is 5.51. The van der Waals surface area contributed by atoms with Gasteiger partial charge in [0.2, 0.25) is 0 Å². The minimum atomic E-state index is -4.63. The molecule has 0 bridgehead atoms. The highest BCUT2D eigenvalue weighted by Crippen LogP contribution is 2.35. The standard InChI is InChI=1S/C21H19ClF3N5O/c1-12-14-3-2-4-17(15(14)7-9-26-12)28-20(31)27-13-8-10-30(11-13)18-6-5-16(22)19(29-18)21(23,24)25/h2-7,9,13H,8,10-11H2,1H3,(H2,27,28,31). The molecule has 2 aromatic heterocycles. The third-order valence-electron chi connectivity index (χ3n) is 5.20. The zero-order valence-corrected chi connectivity index (χ0v) is 17.3. The second-order valence-corrected chi connectivity index (χ2v) is 7.73. The number of fused-ring (bicyclic) bond motifs is 1. The molecule has 1 aromatic carbocycles. The fraction of sp³-hybridized carbons (Fsp3) is 0.286. The van der Waals surface area contributed by atoms with Gasteiger partial charge in [0.05, 0.1) is 10.7 Å². The van der Waals surface area contributed by atoms with Gasteiger partial charge in [-0.3, -0.25) is 4.98 Å². The SMILES string of the molecule is Cc1nccc2c(NC(=O)NC3CCN(c4ccc(Cl)c(C(F)(F)F)n4)C3)cccc12. The summed E-state index contributed by atoms with van der Waals surface area (Å²) in [5, 5.41) is 7.12. The van der Waals surface area contributed by atoms with Crippen molar-refractivity contribution in [3.8, 4) is 0 Å². The summed E-state index contributed by atoms with van der Waals surface area (Å²) in [4.78, 5) is 22.2. The molecule has 1 atom stereocenters. The summed E-state index contributed by atoms with van der Waals surface area (Å²) in [6, 6.07) is 9.44. The van der Waals surface area contributed by atoms with Crippen LogP contribution in [0.5, 0.6) is 0 Å². The lowest BCUT2D eigenvalue weighted by atomic mass is 10.1. The molecule has 4 rings (SSSR count). The van der Waals surface area contributed by atoms with Gasteiger partial charge in [-0.15, -0.1) is 0 Å². The number of hydrogen-bond acceptors (Lipinski definition) is 4. The van der Waals surface area contributed by atoms with Crippen LogP contribution in [0.2, 0.25) is 5.02 Å². The number of hydrogen-bond donors (Lipinski definition) is 2. The van der Waals surface area contributed by atoms with Gasteiger partial charge in [0.15, 0.2) is 5.69 Å². The van der Waals surface area contributed by atoms with E-state index in [1.165, 1.54) is 12.1 Å². The fourth-order valence-corrected chi connectivity index (χ4v) is 3.91. The van der Waals surface area contributed by atoms with Crippen LogP contribution >= 0.6 is 11.6 Å². The first kappa shape index (κ1) is 21.2. The Hall–Kier alpha value is -3.07. The average molecular weight is 450 g/mol. The topological polar surface area (TPSA) is 70.2 Å². The average Bonchev–Trinajstić information content (AvgIpc) is 3.16. The molecule has 1 unspecified atom stereocenters. The molecule has 1 aliphatic heterocycles. The van der Waals surface area contributed by atoms with E-state index in [9.17, 15) is 18.0 Å².